The zero-order chi connectivity index (χ0) is 15.1. The molecule has 1 aromatic rings. The number of piperidine rings is 1. The number of carbonyl (C=O) groups is 2. The number of benzene rings is 1. The van der Waals surface area contributed by atoms with Crippen molar-refractivity contribution in [1.29, 1.82) is 0 Å². The largest absolute Gasteiger partial charge is 0.467 e. The van der Waals surface area contributed by atoms with Gasteiger partial charge in [-0.05, 0) is 24.8 Å². The van der Waals surface area contributed by atoms with Gasteiger partial charge in [0.2, 0.25) is 5.91 Å². The van der Waals surface area contributed by atoms with Gasteiger partial charge in [-0.25, -0.2) is 4.79 Å². The first kappa shape index (κ1) is 15.5. The molecule has 5 heteroatoms. The molecular formula is C16H21NO4. The minimum Gasteiger partial charge on any atom is -0.467 e. The van der Waals surface area contributed by atoms with Gasteiger partial charge in [0.1, 0.15) is 12.6 Å². The molecule has 1 heterocycles. The highest BCUT2D eigenvalue weighted by Gasteiger charge is 2.32. The van der Waals surface area contributed by atoms with Crippen molar-refractivity contribution in [2.45, 2.75) is 31.9 Å². The van der Waals surface area contributed by atoms with Crippen molar-refractivity contribution in [1.82, 2.24) is 4.90 Å². The van der Waals surface area contributed by atoms with Gasteiger partial charge < -0.3 is 14.4 Å². The van der Waals surface area contributed by atoms with Crippen molar-refractivity contribution in [2.24, 2.45) is 0 Å². The van der Waals surface area contributed by atoms with E-state index in [2.05, 4.69) is 0 Å². The Kier molecular flexibility index (Phi) is 5.75. The lowest BCUT2D eigenvalue weighted by Crippen LogP contribution is -2.49. The molecule has 5 nitrogen and oxygen atoms in total. The lowest BCUT2D eigenvalue weighted by molar-refractivity contribution is -0.156. The maximum absolute atomic E-state index is 12.2. The average molecular weight is 291 g/mol. The van der Waals surface area contributed by atoms with E-state index in [1.807, 2.05) is 30.3 Å². The summed E-state index contributed by atoms with van der Waals surface area (Å²) in [5.41, 5.74) is 1.02. The highest BCUT2D eigenvalue weighted by molar-refractivity contribution is 5.85. The normalized spacial score (nSPS) is 18.3. The van der Waals surface area contributed by atoms with Crippen LogP contribution in [0, 0.1) is 0 Å². The van der Waals surface area contributed by atoms with E-state index in [-0.39, 0.29) is 18.5 Å². The van der Waals surface area contributed by atoms with Gasteiger partial charge in [-0.3, -0.25) is 4.79 Å². The molecule has 0 saturated carbocycles. The van der Waals surface area contributed by atoms with E-state index < -0.39 is 6.04 Å². The zero-order valence-corrected chi connectivity index (χ0v) is 12.3. The van der Waals surface area contributed by atoms with Crippen molar-refractivity contribution in [3.8, 4) is 0 Å². The van der Waals surface area contributed by atoms with Gasteiger partial charge in [0, 0.05) is 6.54 Å². The van der Waals surface area contributed by atoms with Crippen molar-refractivity contribution >= 4 is 11.9 Å². The van der Waals surface area contributed by atoms with Crippen molar-refractivity contribution < 1.29 is 19.1 Å². The quantitative estimate of drug-likeness (QED) is 0.776. The third kappa shape index (κ3) is 4.29. The van der Waals surface area contributed by atoms with Gasteiger partial charge in [-0.15, -0.1) is 0 Å². The van der Waals surface area contributed by atoms with Crippen LogP contribution in [0.15, 0.2) is 30.3 Å². The predicted octanol–water partition coefficient (Wildman–Crippen LogP) is 1.76. The number of methoxy groups -OCH3 is 1. The van der Waals surface area contributed by atoms with Gasteiger partial charge in [0.25, 0.3) is 0 Å². The van der Waals surface area contributed by atoms with Gasteiger partial charge in [-0.2, -0.15) is 0 Å². The molecule has 0 N–H and O–H groups in total. The van der Waals surface area contributed by atoms with Crippen molar-refractivity contribution in [3.63, 3.8) is 0 Å². The summed E-state index contributed by atoms with van der Waals surface area (Å²) in [6.45, 7) is 0.971. The van der Waals surface area contributed by atoms with E-state index in [9.17, 15) is 9.59 Å². The minimum absolute atomic E-state index is 0.0115. The first-order valence-corrected chi connectivity index (χ1v) is 7.21. The third-order valence-corrected chi connectivity index (χ3v) is 3.63. The standard InChI is InChI=1S/C16H21NO4/c1-20-16(19)14-9-5-6-10-17(14)15(18)12-21-11-13-7-3-2-4-8-13/h2-4,7-8,14H,5-6,9-12H2,1H3. The molecule has 1 saturated heterocycles. The van der Waals surface area contributed by atoms with Crippen LogP contribution in [0.3, 0.4) is 0 Å². The smallest absolute Gasteiger partial charge is 0.328 e. The maximum atomic E-state index is 12.2. The summed E-state index contributed by atoms with van der Waals surface area (Å²) in [7, 11) is 1.35. The molecular weight excluding hydrogens is 270 g/mol. The Morgan fingerprint density at radius 1 is 1.24 bits per heavy atom. The number of rotatable bonds is 5. The molecule has 1 fully saturated rings. The Bertz CT molecular complexity index is 474. The highest BCUT2D eigenvalue weighted by Crippen LogP contribution is 2.18. The van der Waals surface area contributed by atoms with Crippen LogP contribution in [0.4, 0.5) is 0 Å². The van der Waals surface area contributed by atoms with E-state index in [1.54, 1.807) is 4.90 Å². The fraction of sp³-hybridized carbons (Fsp3) is 0.500. The molecule has 1 atom stereocenters. The van der Waals surface area contributed by atoms with Crippen molar-refractivity contribution in [3.05, 3.63) is 35.9 Å². The van der Waals surface area contributed by atoms with Gasteiger partial charge in [0.05, 0.1) is 13.7 Å². The Morgan fingerprint density at radius 2 is 2.00 bits per heavy atom. The van der Waals surface area contributed by atoms with Crippen LogP contribution in [-0.4, -0.2) is 43.1 Å². The van der Waals surface area contributed by atoms with Gasteiger partial charge in [-0.1, -0.05) is 30.3 Å². The molecule has 1 amide bonds. The molecule has 2 rings (SSSR count). The van der Waals surface area contributed by atoms with Gasteiger partial charge in [0.15, 0.2) is 0 Å². The molecule has 21 heavy (non-hydrogen) atoms. The average Bonchev–Trinajstić information content (AvgIpc) is 2.55. The summed E-state index contributed by atoms with van der Waals surface area (Å²) < 4.78 is 10.2. The summed E-state index contributed by atoms with van der Waals surface area (Å²) in [6.07, 6.45) is 2.52. The number of hydrogen-bond donors (Lipinski definition) is 0. The summed E-state index contributed by atoms with van der Waals surface area (Å²) in [5.74, 6) is -0.493. The van der Waals surface area contributed by atoms with Crippen LogP contribution in [-0.2, 0) is 25.7 Å². The molecule has 1 unspecified atom stereocenters. The van der Waals surface area contributed by atoms with E-state index >= 15 is 0 Å². The molecule has 0 bridgehead atoms. The highest BCUT2D eigenvalue weighted by atomic mass is 16.5. The summed E-state index contributed by atoms with van der Waals surface area (Å²) in [4.78, 5) is 25.5. The van der Waals surface area contributed by atoms with Crippen LogP contribution >= 0.6 is 0 Å². The van der Waals surface area contributed by atoms with E-state index in [4.69, 9.17) is 9.47 Å². The number of nitrogens with zero attached hydrogens (tertiary/aromatic N) is 1. The zero-order valence-electron chi connectivity index (χ0n) is 12.3. The molecule has 114 valence electrons. The Hall–Kier alpha value is -1.88. The fourth-order valence-electron chi connectivity index (χ4n) is 2.52. The monoisotopic (exact) mass is 291 g/mol. The maximum Gasteiger partial charge on any atom is 0.328 e. The van der Waals surface area contributed by atoms with E-state index in [0.717, 1.165) is 18.4 Å². The second-order valence-electron chi connectivity index (χ2n) is 5.10. The number of esters is 1. The first-order chi connectivity index (χ1) is 10.2. The van der Waals surface area contributed by atoms with Crippen LogP contribution in [0.2, 0.25) is 0 Å². The lowest BCUT2D eigenvalue weighted by atomic mass is 10.0. The van der Waals surface area contributed by atoms with Crippen LogP contribution in [0.25, 0.3) is 0 Å². The third-order valence-electron chi connectivity index (χ3n) is 3.63. The van der Waals surface area contributed by atoms with E-state index in [1.165, 1.54) is 7.11 Å². The molecule has 1 aromatic carbocycles. The summed E-state index contributed by atoms with van der Waals surface area (Å²) >= 11 is 0. The topological polar surface area (TPSA) is 55.8 Å². The first-order valence-electron chi connectivity index (χ1n) is 7.21. The SMILES string of the molecule is COC(=O)C1CCCCN1C(=O)COCc1ccccc1. The number of amides is 1. The Morgan fingerprint density at radius 3 is 2.71 bits per heavy atom. The predicted molar refractivity (Wildman–Crippen MR) is 77.5 cm³/mol. The number of carbonyl (C=O) groups excluding carboxylic acids is 2. The summed E-state index contributed by atoms with van der Waals surface area (Å²) in [6, 6.07) is 9.22. The number of likely N-dealkylation sites (tertiary alicyclic amines) is 1. The minimum atomic E-state index is -0.462. The van der Waals surface area contributed by atoms with Crippen LogP contribution in [0.1, 0.15) is 24.8 Å². The molecule has 0 radical (unpaired) electrons. The Labute approximate surface area is 124 Å². The molecule has 1 aliphatic heterocycles. The Balaban J connectivity index is 1.84. The molecule has 1 aliphatic rings. The van der Waals surface area contributed by atoms with Gasteiger partial charge >= 0.3 is 5.97 Å². The second kappa shape index (κ2) is 7.78. The molecule has 0 aliphatic carbocycles. The number of hydrogen-bond acceptors (Lipinski definition) is 4. The number of ether oxygens (including phenoxy) is 2. The van der Waals surface area contributed by atoms with Crippen molar-refractivity contribution in [2.75, 3.05) is 20.3 Å². The van der Waals surface area contributed by atoms with Crippen LogP contribution in [0.5, 0.6) is 0 Å². The van der Waals surface area contributed by atoms with E-state index in [0.29, 0.717) is 19.6 Å². The van der Waals surface area contributed by atoms with Crippen LogP contribution < -0.4 is 0 Å². The second-order valence-corrected chi connectivity index (χ2v) is 5.10. The lowest BCUT2D eigenvalue weighted by Gasteiger charge is -2.33. The molecule has 0 spiro atoms. The summed E-state index contributed by atoms with van der Waals surface area (Å²) in [5, 5.41) is 0. The fourth-order valence-corrected chi connectivity index (χ4v) is 2.52. The molecule has 0 aromatic heterocycles.